The number of nitrogens with zero attached hydrogens (tertiary/aromatic N) is 1. The van der Waals surface area contributed by atoms with Crippen molar-refractivity contribution < 1.29 is 13.9 Å². The van der Waals surface area contributed by atoms with Gasteiger partial charge in [0, 0.05) is 23.3 Å². The molecular formula is C18H16ClN3O4. The Kier molecular flexibility index (Phi) is 4.99. The summed E-state index contributed by atoms with van der Waals surface area (Å²) in [4.78, 5) is 24.1. The molecule has 3 aromatic rings. The van der Waals surface area contributed by atoms with Gasteiger partial charge in [0.1, 0.15) is 5.75 Å². The van der Waals surface area contributed by atoms with Gasteiger partial charge in [0.05, 0.1) is 18.3 Å². The van der Waals surface area contributed by atoms with E-state index in [9.17, 15) is 9.59 Å². The topological polar surface area (TPSA) is 85.5 Å². The van der Waals surface area contributed by atoms with Crippen LogP contribution >= 0.6 is 11.6 Å². The number of allylic oxidation sites excluding steroid dienone is 1. The summed E-state index contributed by atoms with van der Waals surface area (Å²) < 4.78 is 11.8. The van der Waals surface area contributed by atoms with Crippen LogP contribution in [0, 0.1) is 0 Å². The summed E-state index contributed by atoms with van der Waals surface area (Å²) in [5.41, 5.74) is 1.89. The van der Waals surface area contributed by atoms with Crippen molar-refractivity contribution in [1.29, 1.82) is 0 Å². The molecule has 8 heteroatoms. The molecule has 134 valence electrons. The zero-order valence-corrected chi connectivity index (χ0v) is 14.7. The molecule has 0 spiro atoms. The maximum absolute atomic E-state index is 12.2. The molecule has 2 N–H and O–H groups in total. The molecule has 0 bridgehead atoms. The lowest BCUT2D eigenvalue weighted by atomic mass is 10.2. The minimum atomic E-state index is -0.488. The number of amides is 2. The van der Waals surface area contributed by atoms with E-state index in [-0.39, 0.29) is 0 Å². The summed E-state index contributed by atoms with van der Waals surface area (Å²) >= 11 is 5.95. The summed E-state index contributed by atoms with van der Waals surface area (Å²) in [6.45, 7) is 3.96. The number of urea groups is 1. The molecule has 0 saturated carbocycles. The van der Waals surface area contributed by atoms with E-state index >= 15 is 0 Å². The Morgan fingerprint density at radius 3 is 2.85 bits per heavy atom. The van der Waals surface area contributed by atoms with Gasteiger partial charge in [0.2, 0.25) is 0 Å². The number of carbonyl (C=O) groups is 1. The summed E-state index contributed by atoms with van der Waals surface area (Å²) in [6, 6.07) is 9.35. The average molecular weight is 374 g/mol. The minimum absolute atomic E-state index is 0.341. The van der Waals surface area contributed by atoms with Gasteiger partial charge in [0.15, 0.2) is 5.58 Å². The predicted molar refractivity (Wildman–Crippen MR) is 101 cm³/mol. The van der Waals surface area contributed by atoms with Gasteiger partial charge >= 0.3 is 11.8 Å². The molecule has 2 amide bonds. The van der Waals surface area contributed by atoms with Crippen molar-refractivity contribution in [2.75, 3.05) is 17.7 Å². The normalized spacial score (nSPS) is 10.5. The van der Waals surface area contributed by atoms with E-state index in [0.29, 0.717) is 39.8 Å². The lowest BCUT2D eigenvalue weighted by molar-refractivity contribution is 0.262. The third kappa shape index (κ3) is 3.57. The van der Waals surface area contributed by atoms with Crippen molar-refractivity contribution in [2.24, 2.45) is 0 Å². The maximum Gasteiger partial charge on any atom is 0.420 e. The molecule has 0 aliphatic heterocycles. The number of aromatic nitrogens is 1. The van der Waals surface area contributed by atoms with E-state index in [1.54, 1.807) is 42.5 Å². The molecule has 0 atom stereocenters. The quantitative estimate of drug-likeness (QED) is 0.660. The van der Waals surface area contributed by atoms with E-state index in [1.165, 1.54) is 11.7 Å². The monoisotopic (exact) mass is 373 g/mol. The maximum atomic E-state index is 12.2. The Morgan fingerprint density at radius 2 is 2.12 bits per heavy atom. The standard InChI is InChI=1S/C18H16ClN3O4/c1-3-8-22-14-6-5-12(10-16(14)26-18(22)24)20-17(23)21-13-9-11(19)4-7-15(13)25-2/h3-7,9-10H,1,8H2,2H3,(H2,20,21,23). The molecule has 1 aromatic heterocycles. The number of anilines is 2. The summed E-state index contributed by atoms with van der Waals surface area (Å²) in [5.74, 6) is -0.00216. The molecule has 1 heterocycles. The predicted octanol–water partition coefficient (Wildman–Crippen LogP) is 4.09. The number of rotatable bonds is 5. The van der Waals surface area contributed by atoms with Crippen LogP contribution in [0.25, 0.3) is 11.1 Å². The molecule has 0 aliphatic rings. The number of fused-ring (bicyclic) bond motifs is 1. The molecule has 0 saturated heterocycles. The van der Waals surface area contributed by atoms with E-state index in [2.05, 4.69) is 17.2 Å². The molecule has 0 aliphatic carbocycles. The average Bonchev–Trinajstić information content (AvgIpc) is 2.90. The van der Waals surface area contributed by atoms with Crippen LogP contribution in [0.3, 0.4) is 0 Å². The van der Waals surface area contributed by atoms with E-state index in [4.69, 9.17) is 20.8 Å². The number of oxazole rings is 1. The smallest absolute Gasteiger partial charge is 0.420 e. The molecule has 0 unspecified atom stereocenters. The largest absolute Gasteiger partial charge is 0.495 e. The second kappa shape index (κ2) is 7.37. The second-order valence-electron chi connectivity index (χ2n) is 5.37. The first-order valence-corrected chi connectivity index (χ1v) is 8.05. The van der Waals surface area contributed by atoms with Gasteiger partial charge in [-0.05, 0) is 30.3 Å². The third-order valence-electron chi connectivity index (χ3n) is 3.65. The first kappa shape index (κ1) is 17.6. The fourth-order valence-electron chi connectivity index (χ4n) is 2.51. The van der Waals surface area contributed by atoms with Crippen LogP contribution in [0.1, 0.15) is 0 Å². The zero-order chi connectivity index (χ0) is 18.7. The summed E-state index contributed by atoms with van der Waals surface area (Å²) in [6.07, 6.45) is 1.61. The van der Waals surface area contributed by atoms with Gasteiger partial charge in [-0.3, -0.25) is 4.57 Å². The highest BCUT2D eigenvalue weighted by molar-refractivity contribution is 6.31. The number of methoxy groups -OCH3 is 1. The van der Waals surface area contributed by atoms with Crippen molar-refractivity contribution >= 4 is 40.1 Å². The number of carbonyl (C=O) groups excluding carboxylic acids is 1. The molecule has 7 nitrogen and oxygen atoms in total. The van der Waals surface area contributed by atoms with Crippen LogP contribution in [-0.2, 0) is 6.54 Å². The number of halogens is 1. The lowest BCUT2D eigenvalue weighted by Gasteiger charge is -2.11. The fraction of sp³-hybridized carbons (Fsp3) is 0.111. The van der Waals surface area contributed by atoms with Crippen molar-refractivity contribution in [3.63, 3.8) is 0 Å². The summed E-state index contributed by atoms with van der Waals surface area (Å²) in [7, 11) is 1.50. The number of nitrogens with one attached hydrogen (secondary N) is 2. The van der Waals surface area contributed by atoms with Crippen LogP contribution in [0.2, 0.25) is 5.02 Å². The Bertz CT molecular complexity index is 1040. The number of hydrogen-bond acceptors (Lipinski definition) is 4. The molecule has 0 fully saturated rings. The van der Waals surface area contributed by atoms with Crippen LogP contribution in [0.4, 0.5) is 16.2 Å². The van der Waals surface area contributed by atoms with E-state index < -0.39 is 11.8 Å². The third-order valence-corrected chi connectivity index (χ3v) is 3.88. The highest BCUT2D eigenvalue weighted by Crippen LogP contribution is 2.28. The number of benzene rings is 2. The van der Waals surface area contributed by atoms with Gasteiger partial charge in [-0.2, -0.15) is 0 Å². The number of ether oxygens (including phenoxy) is 1. The Hall–Kier alpha value is -3.19. The van der Waals surface area contributed by atoms with Gasteiger partial charge in [0.25, 0.3) is 0 Å². The Labute approximate surface area is 153 Å². The first-order chi connectivity index (χ1) is 12.5. The van der Waals surface area contributed by atoms with Gasteiger partial charge < -0.3 is 19.8 Å². The minimum Gasteiger partial charge on any atom is -0.495 e. The van der Waals surface area contributed by atoms with Crippen molar-refractivity contribution in [2.45, 2.75) is 6.54 Å². The summed E-state index contributed by atoms with van der Waals surface area (Å²) in [5, 5.41) is 5.80. The van der Waals surface area contributed by atoms with Crippen molar-refractivity contribution in [1.82, 2.24) is 4.57 Å². The Balaban J connectivity index is 1.80. The van der Waals surface area contributed by atoms with Crippen LogP contribution < -0.4 is 21.1 Å². The van der Waals surface area contributed by atoms with Crippen molar-refractivity contribution in [3.8, 4) is 5.75 Å². The zero-order valence-electron chi connectivity index (χ0n) is 13.9. The molecule has 26 heavy (non-hydrogen) atoms. The highest BCUT2D eigenvalue weighted by Gasteiger charge is 2.11. The first-order valence-electron chi connectivity index (χ1n) is 7.67. The Morgan fingerprint density at radius 1 is 1.31 bits per heavy atom. The lowest BCUT2D eigenvalue weighted by Crippen LogP contribution is -2.19. The van der Waals surface area contributed by atoms with Crippen LogP contribution in [-0.4, -0.2) is 17.7 Å². The second-order valence-corrected chi connectivity index (χ2v) is 5.81. The van der Waals surface area contributed by atoms with Gasteiger partial charge in [-0.1, -0.05) is 17.7 Å². The van der Waals surface area contributed by atoms with Gasteiger partial charge in [-0.15, -0.1) is 6.58 Å². The van der Waals surface area contributed by atoms with Crippen LogP contribution in [0.15, 0.2) is 58.3 Å². The molecule has 0 radical (unpaired) electrons. The molecule has 3 rings (SSSR count). The van der Waals surface area contributed by atoms with E-state index in [1.807, 2.05) is 0 Å². The fourth-order valence-corrected chi connectivity index (χ4v) is 2.68. The van der Waals surface area contributed by atoms with Crippen LogP contribution in [0.5, 0.6) is 5.75 Å². The highest BCUT2D eigenvalue weighted by atomic mass is 35.5. The van der Waals surface area contributed by atoms with Gasteiger partial charge in [-0.25, -0.2) is 9.59 Å². The number of hydrogen-bond donors (Lipinski definition) is 2. The molecule has 2 aromatic carbocycles. The SMILES string of the molecule is C=CCn1c(=O)oc2cc(NC(=O)Nc3cc(Cl)ccc3OC)ccc21. The van der Waals surface area contributed by atoms with E-state index in [0.717, 1.165) is 0 Å². The van der Waals surface area contributed by atoms with Crippen molar-refractivity contribution in [3.05, 3.63) is 64.6 Å². The molecular weight excluding hydrogens is 358 g/mol.